The monoisotopic (exact) mass is 314 g/mol. The highest BCUT2D eigenvalue weighted by atomic mass is 14.2. The maximum absolute atomic E-state index is 2.35. The van der Waals surface area contributed by atoms with E-state index in [2.05, 4.69) is 76.3 Å². The summed E-state index contributed by atoms with van der Waals surface area (Å²) in [7, 11) is 0. The van der Waals surface area contributed by atoms with Crippen molar-refractivity contribution in [1.29, 1.82) is 0 Å². The minimum atomic E-state index is 0.570. The Balaban J connectivity index is 1.59. The minimum absolute atomic E-state index is 0.570. The second kappa shape index (κ2) is 5.77. The molecule has 0 bridgehead atoms. The number of allylic oxidation sites excluding steroid dienone is 2. The fourth-order valence-electron chi connectivity index (χ4n) is 4.33. The zero-order valence-electron chi connectivity index (χ0n) is 15.2. The molecule has 0 N–H and O–H groups in total. The Morgan fingerprint density at radius 2 is 1.08 bits per heavy atom. The molecular formula is C24H26. The van der Waals surface area contributed by atoms with Crippen molar-refractivity contribution in [3.8, 4) is 0 Å². The Morgan fingerprint density at radius 1 is 0.667 bits per heavy atom. The van der Waals surface area contributed by atoms with E-state index in [1.54, 1.807) is 0 Å². The molecule has 2 aliphatic carbocycles. The lowest BCUT2D eigenvalue weighted by atomic mass is 9.90. The van der Waals surface area contributed by atoms with Gasteiger partial charge in [-0.2, -0.15) is 0 Å². The molecule has 0 fully saturated rings. The molecule has 0 aliphatic heterocycles. The van der Waals surface area contributed by atoms with E-state index in [1.807, 2.05) is 0 Å². The van der Waals surface area contributed by atoms with Crippen molar-refractivity contribution < 1.29 is 0 Å². The Morgan fingerprint density at radius 3 is 1.50 bits per heavy atom. The Hall–Kier alpha value is -2.08. The quantitative estimate of drug-likeness (QED) is 0.619. The smallest absolute Gasteiger partial charge is 0.000107 e. The van der Waals surface area contributed by atoms with Crippen molar-refractivity contribution in [3.63, 3.8) is 0 Å². The second-order valence-corrected chi connectivity index (χ2v) is 7.50. The fraction of sp³-hybridized carbons (Fsp3) is 0.333. The van der Waals surface area contributed by atoms with E-state index in [-0.39, 0.29) is 0 Å². The molecule has 0 heteroatoms. The van der Waals surface area contributed by atoms with Crippen LogP contribution in [0.3, 0.4) is 0 Å². The molecular weight excluding hydrogens is 288 g/mol. The van der Waals surface area contributed by atoms with Crippen molar-refractivity contribution >= 4 is 12.2 Å². The largest absolute Gasteiger partial charge is 0.0767 e. The van der Waals surface area contributed by atoms with Gasteiger partial charge in [0.05, 0.1) is 0 Å². The highest BCUT2D eigenvalue weighted by molar-refractivity contribution is 5.68. The van der Waals surface area contributed by atoms with E-state index in [4.69, 9.17) is 0 Å². The summed E-state index contributed by atoms with van der Waals surface area (Å²) < 4.78 is 0. The van der Waals surface area contributed by atoms with E-state index in [0.29, 0.717) is 11.8 Å². The first-order valence-electron chi connectivity index (χ1n) is 9.17. The summed E-state index contributed by atoms with van der Waals surface area (Å²) in [4.78, 5) is 0. The lowest BCUT2D eigenvalue weighted by Gasteiger charge is -2.15. The standard InChI is InChI=1S/C24H26/c1-15-5-11-23-17(3)19(9-13-21(15)23)7-8-20-10-14-22-16(2)6-12-24(22)18(20)4/h5-6,9-16H,7-8H2,1-4H3. The molecule has 2 unspecified atom stereocenters. The molecule has 0 aromatic heterocycles. The summed E-state index contributed by atoms with van der Waals surface area (Å²) in [6.07, 6.45) is 11.5. The van der Waals surface area contributed by atoms with Crippen LogP contribution in [0.5, 0.6) is 0 Å². The van der Waals surface area contributed by atoms with Gasteiger partial charge in [-0.05, 0) is 83.0 Å². The first-order valence-corrected chi connectivity index (χ1v) is 9.17. The number of hydrogen-bond donors (Lipinski definition) is 0. The fourth-order valence-corrected chi connectivity index (χ4v) is 4.33. The van der Waals surface area contributed by atoms with Crippen LogP contribution in [0.1, 0.15) is 70.2 Å². The number of hydrogen-bond acceptors (Lipinski definition) is 0. The van der Waals surface area contributed by atoms with Gasteiger partial charge >= 0.3 is 0 Å². The first-order chi connectivity index (χ1) is 11.6. The van der Waals surface area contributed by atoms with Crippen LogP contribution >= 0.6 is 0 Å². The molecule has 122 valence electrons. The molecule has 0 radical (unpaired) electrons. The van der Waals surface area contributed by atoms with Crippen molar-refractivity contribution in [2.45, 2.75) is 52.4 Å². The summed E-state index contributed by atoms with van der Waals surface area (Å²) in [5.41, 5.74) is 11.8. The number of fused-ring (bicyclic) bond motifs is 2. The van der Waals surface area contributed by atoms with Gasteiger partial charge in [-0.15, -0.1) is 0 Å². The van der Waals surface area contributed by atoms with Crippen LogP contribution in [0.15, 0.2) is 36.4 Å². The predicted octanol–water partition coefficient (Wildman–Crippen LogP) is 6.35. The van der Waals surface area contributed by atoms with Crippen molar-refractivity contribution in [3.05, 3.63) is 80.9 Å². The van der Waals surface area contributed by atoms with Crippen molar-refractivity contribution in [2.75, 3.05) is 0 Å². The van der Waals surface area contributed by atoms with Crippen molar-refractivity contribution in [1.82, 2.24) is 0 Å². The molecule has 2 aliphatic rings. The molecule has 2 aromatic carbocycles. The zero-order valence-corrected chi connectivity index (χ0v) is 15.2. The number of rotatable bonds is 3. The van der Waals surface area contributed by atoms with E-state index >= 15 is 0 Å². The van der Waals surface area contributed by atoms with Crippen LogP contribution in [0.25, 0.3) is 12.2 Å². The van der Waals surface area contributed by atoms with E-state index < -0.39 is 0 Å². The van der Waals surface area contributed by atoms with Crippen molar-refractivity contribution in [2.24, 2.45) is 0 Å². The van der Waals surface area contributed by atoms with Crippen LogP contribution in [-0.2, 0) is 12.8 Å². The third kappa shape index (κ3) is 2.36. The number of aryl methyl sites for hydroxylation is 2. The molecule has 0 saturated heterocycles. The second-order valence-electron chi connectivity index (χ2n) is 7.50. The van der Waals surface area contributed by atoms with Crippen LogP contribution in [-0.4, -0.2) is 0 Å². The maximum atomic E-state index is 2.35. The molecule has 0 nitrogen and oxygen atoms in total. The average Bonchev–Trinajstić information content (AvgIpc) is 3.13. The summed E-state index contributed by atoms with van der Waals surface area (Å²) in [5.74, 6) is 1.14. The third-order valence-corrected chi connectivity index (χ3v) is 6.07. The van der Waals surface area contributed by atoms with Crippen LogP contribution < -0.4 is 0 Å². The lowest BCUT2D eigenvalue weighted by Crippen LogP contribution is -2.01. The molecule has 0 heterocycles. The molecule has 2 aromatic rings. The molecule has 4 rings (SSSR count). The third-order valence-electron chi connectivity index (χ3n) is 6.07. The molecule has 0 amide bonds. The van der Waals surface area contributed by atoms with E-state index in [1.165, 1.54) is 44.5 Å². The summed E-state index contributed by atoms with van der Waals surface area (Å²) in [5, 5.41) is 0. The molecule has 2 atom stereocenters. The minimum Gasteiger partial charge on any atom is -0.0767 e. The lowest BCUT2D eigenvalue weighted by molar-refractivity contribution is 0.920. The van der Waals surface area contributed by atoms with Gasteiger partial charge in [0, 0.05) is 0 Å². The highest BCUT2D eigenvalue weighted by Gasteiger charge is 2.18. The van der Waals surface area contributed by atoms with Gasteiger partial charge in [-0.25, -0.2) is 0 Å². The highest BCUT2D eigenvalue weighted by Crippen LogP contribution is 2.35. The maximum Gasteiger partial charge on any atom is -0.000107 e. The topological polar surface area (TPSA) is 0 Å². The predicted molar refractivity (Wildman–Crippen MR) is 105 cm³/mol. The van der Waals surface area contributed by atoms with Gasteiger partial charge in [0.15, 0.2) is 0 Å². The van der Waals surface area contributed by atoms with Crippen LogP contribution in [0.4, 0.5) is 0 Å². The summed E-state index contributed by atoms with van der Waals surface area (Å²) >= 11 is 0. The van der Waals surface area contributed by atoms with Gasteiger partial charge in [0.2, 0.25) is 0 Å². The van der Waals surface area contributed by atoms with Gasteiger partial charge in [0.25, 0.3) is 0 Å². The van der Waals surface area contributed by atoms with Gasteiger partial charge in [-0.3, -0.25) is 0 Å². The Kier molecular flexibility index (Phi) is 3.72. The van der Waals surface area contributed by atoms with E-state index in [0.717, 1.165) is 12.8 Å². The van der Waals surface area contributed by atoms with Gasteiger partial charge in [-0.1, -0.05) is 62.4 Å². The summed E-state index contributed by atoms with van der Waals surface area (Å²) in [6.45, 7) is 9.14. The van der Waals surface area contributed by atoms with Gasteiger partial charge < -0.3 is 0 Å². The average molecular weight is 314 g/mol. The molecule has 0 saturated carbocycles. The SMILES string of the molecule is Cc1c(CCc2ccc3c(c2C)C=CC3C)ccc2c1C=CC2C. The molecule has 0 spiro atoms. The zero-order chi connectivity index (χ0) is 16.8. The van der Waals surface area contributed by atoms with Crippen LogP contribution in [0.2, 0.25) is 0 Å². The Bertz CT molecular complexity index is 791. The molecule has 24 heavy (non-hydrogen) atoms. The summed E-state index contributed by atoms with van der Waals surface area (Å²) in [6, 6.07) is 9.37. The normalized spacial score (nSPS) is 20.5. The van der Waals surface area contributed by atoms with E-state index in [9.17, 15) is 0 Å². The first kappa shape index (κ1) is 15.4. The number of benzene rings is 2. The van der Waals surface area contributed by atoms with Gasteiger partial charge in [0.1, 0.15) is 0 Å². The Labute approximate surface area is 145 Å². The van der Waals surface area contributed by atoms with Crippen LogP contribution in [0, 0.1) is 13.8 Å².